The number of nitrogens with zero attached hydrogens (tertiary/aromatic N) is 5. The van der Waals surface area contributed by atoms with Crippen molar-refractivity contribution >= 4 is 17.7 Å². The van der Waals surface area contributed by atoms with Crippen LogP contribution in [0.1, 0.15) is 17.8 Å². The van der Waals surface area contributed by atoms with Crippen molar-refractivity contribution in [1.29, 1.82) is 5.26 Å². The highest BCUT2D eigenvalue weighted by Gasteiger charge is 2.02. The lowest BCUT2D eigenvalue weighted by Gasteiger charge is -2.04. The van der Waals surface area contributed by atoms with E-state index in [4.69, 9.17) is 5.26 Å². The molecule has 0 saturated heterocycles. The molecule has 6 nitrogen and oxygen atoms in total. The maximum atomic E-state index is 8.85. The number of anilines is 1. The molecule has 0 unspecified atom stereocenters. The van der Waals surface area contributed by atoms with Crippen molar-refractivity contribution in [3.63, 3.8) is 0 Å². The lowest BCUT2D eigenvalue weighted by atomic mass is 10.4. The molecule has 1 N–H and O–H groups in total. The highest BCUT2D eigenvalue weighted by Crippen LogP contribution is 2.14. The molecule has 2 heterocycles. The van der Waals surface area contributed by atoms with Crippen molar-refractivity contribution in [2.24, 2.45) is 0 Å². The summed E-state index contributed by atoms with van der Waals surface area (Å²) in [6.45, 7) is 2.65. The number of nitrogens with one attached hydrogen (secondary N) is 1. The fraction of sp³-hybridized carbons (Fsp3) is 0.308. The fourth-order valence-electron chi connectivity index (χ4n) is 1.49. The Balaban J connectivity index is 1.74. The van der Waals surface area contributed by atoms with Crippen molar-refractivity contribution in [2.75, 3.05) is 17.6 Å². The third-order valence-electron chi connectivity index (χ3n) is 2.35. The van der Waals surface area contributed by atoms with Crippen molar-refractivity contribution in [3.05, 3.63) is 35.9 Å². The first-order chi connectivity index (χ1) is 9.78. The van der Waals surface area contributed by atoms with Gasteiger partial charge in [0.25, 0.3) is 0 Å². The standard InChI is InChI=1S/C13H14N6S/c1-10-8-11(9-14)19-13(18-10)20-7-3-6-17-12-15-4-2-5-16-12/h2,4-5,8H,3,6-7H2,1H3,(H,15,16,17). The summed E-state index contributed by atoms with van der Waals surface area (Å²) in [6.07, 6.45) is 4.34. The molecule has 0 radical (unpaired) electrons. The molecule has 0 amide bonds. The van der Waals surface area contributed by atoms with E-state index in [1.807, 2.05) is 13.0 Å². The number of hydrogen-bond donors (Lipinski definition) is 1. The smallest absolute Gasteiger partial charge is 0.222 e. The van der Waals surface area contributed by atoms with Gasteiger partial charge in [0.15, 0.2) is 5.16 Å². The third-order valence-corrected chi connectivity index (χ3v) is 3.28. The molecule has 0 aromatic carbocycles. The largest absolute Gasteiger partial charge is 0.354 e. The molecular formula is C13H14N6S. The molecule has 0 aliphatic carbocycles. The van der Waals surface area contributed by atoms with Gasteiger partial charge in [0.05, 0.1) is 0 Å². The lowest BCUT2D eigenvalue weighted by molar-refractivity contribution is 0.909. The van der Waals surface area contributed by atoms with Crippen LogP contribution in [-0.4, -0.2) is 32.2 Å². The third kappa shape index (κ3) is 4.48. The van der Waals surface area contributed by atoms with Gasteiger partial charge >= 0.3 is 0 Å². The van der Waals surface area contributed by atoms with Gasteiger partial charge in [0, 0.05) is 30.4 Å². The zero-order chi connectivity index (χ0) is 14.2. The number of nitriles is 1. The first-order valence-corrected chi connectivity index (χ1v) is 7.16. The second-order valence-corrected chi connectivity index (χ2v) is 5.05. The fourth-order valence-corrected chi connectivity index (χ4v) is 2.33. The summed E-state index contributed by atoms with van der Waals surface area (Å²) in [6, 6.07) is 5.50. The Morgan fingerprint density at radius 1 is 1.30 bits per heavy atom. The van der Waals surface area contributed by atoms with Gasteiger partial charge in [-0.15, -0.1) is 0 Å². The summed E-state index contributed by atoms with van der Waals surface area (Å²) in [5.74, 6) is 1.50. The quantitative estimate of drug-likeness (QED) is 0.494. The van der Waals surface area contributed by atoms with Crippen molar-refractivity contribution in [2.45, 2.75) is 18.5 Å². The molecule has 2 aromatic heterocycles. The molecule has 102 valence electrons. The molecule has 2 aromatic rings. The van der Waals surface area contributed by atoms with Gasteiger partial charge in [0.1, 0.15) is 11.8 Å². The average Bonchev–Trinajstić information content (AvgIpc) is 2.47. The van der Waals surface area contributed by atoms with Crippen LogP contribution in [0, 0.1) is 18.3 Å². The summed E-state index contributed by atoms with van der Waals surface area (Å²) in [4.78, 5) is 16.6. The van der Waals surface area contributed by atoms with Crippen LogP contribution in [0.15, 0.2) is 29.7 Å². The van der Waals surface area contributed by atoms with Crippen LogP contribution in [0.3, 0.4) is 0 Å². The first-order valence-electron chi connectivity index (χ1n) is 6.17. The van der Waals surface area contributed by atoms with Gasteiger partial charge in [0.2, 0.25) is 5.95 Å². The summed E-state index contributed by atoms with van der Waals surface area (Å²) in [5.41, 5.74) is 1.23. The van der Waals surface area contributed by atoms with Gasteiger partial charge in [-0.3, -0.25) is 0 Å². The summed E-state index contributed by atoms with van der Waals surface area (Å²) in [7, 11) is 0. The molecule has 0 spiro atoms. The Morgan fingerprint density at radius 3 is 2.85 bits per heavy atom. The van der Waals surface area contributed by atoms with Gasteiger partial charge in [-0.05, 0) is 25.5 Å². The van der Waals surface area contributed by atoms with Gasteiger partial charge in [-0.2, -0.15) is 5.26 Å². The van der Waals surface area contributed by atoms with E-state index in [-0.39, 0.29) is 0 Å². The van der Waals surface area contributed by atoms with Gasteiger partial charge in [-0.1, -0.05) is 11.8 Å². The van der Waals surface area contributed by atoms with E-state index in [9.17, 15) is 0 Å². The minimum atomic E-state index is 0.413. The Hall–Kier alpha value is -2.20. The molecule has 0 atom stereocenters. The molecular weight excluding hydrogens is 272 g/mol. The Bertz CT molecular complexity index is 596. The van der Waals surface area contributed by atoms with E-state index in [2.05, 4.69) is 25.3 Å². The topological polar surface area (TPSA) is 87.4 Å². The lowest BCUT2D eigenvalue weighted by Crippen LogP contribution is -2.05. The molecule has 0 bridgehead atoms. The minimum Gasteiger partial charge on any atom is -0.354 e. The number of hydrogen-bond acceptors (Lipinski definition) is 7. The normalized spacial score (nSPS) is 10.0. The Morgan fingerprint density at radius 2 is 2.10 bits per heavy atom. The maximum Gasteiger partial charge on any atom is 0.222 e. The van der Waals surface area contributed by atoms with E-state index in [1.54, 1.807) is 36.3 Å². The average molecular weight is 286 g/mol. The Kier molecular flexibility index (Phi) is 5.26. The highest BCUT2D eigenvalue weighted by molar-refractivity contribution is 7.99. The number of aryl methyl sites for hydroxylation is 1. The predicted molar refractivity (Wildman–Crippen MR) is 77.3 cm³/mol. The van der Waals surface area contributed by atoms with E-state index < -0.39 is 0 Å². The maximum absolute atomic E-state index is 8.85. The monoisotopic (exact) mass is 286 g/mol. The second kappa shape index (κ2) is 7.40. The Labute approximate surface area is 121 Å². The highest BCUT2D eigenvalue weighted by atomic mass is 32.2. The second-order valence-electron chi connectivity index (χ2n) is 3.99. The van der Waals surface area contributed by atoms with E-state index in [1.165, 1.54) is 0 Å². The SMILES string of the molecule is Cc1cc(C#N)nc(SCCCNc2ncccn2)n1. The van der Waals surface area contributed by atoms with Gasteiger partial charge in [-0.25, -0.2) is 19.9 Å². The van der Waals surface area contributed by atoms with Crippen LogP contribution in [0.5, 0.6) is 0 Å². The predicted octanol–water partition coefficient (Wildman–Crippen LogP) is 2.04. The van der Waals surface area contributed by atoms with Crippen molar-refractivity contribution in [3.8, 4) is 6.07 Å². The van der Waals surface area contributed by atoms with Crippen LogP contribution in [0.2, 0.25) is 0 Å². The summed E-state index contributed by atoms with van der Waals surface area (Å²) >= 11 is 1.55. The van der Waals surface area contributed by atoms with Crippen LogP contribution < -0.4 is 5.32 Å². The number of aromatic nitrogens is 4. The molecule has 0 saturated carbocycles. The number of thioether (sulfide) groups is 1. The summed E-state index contributed by atoms with van der Waals surface area (Å²) in [5, 5.41) is 12.6. The van der Waals surface area contributed by atoms with Crippen molar-refractivity contribution in [1.82, 2.24) is 19.9 Å². The van der Waals surface area contributed by atoms with Crippen LogP contribution >= 0.6 is 11.8 Å². The minimum absolute atomic E-state index is 0.413. The zero-order valence-corrected chi connectivity index (χ0v) is 11.9. The molecule has 2 rings (SSSR count). The van der Waals surface area contributed by atoms with Crippen LogP contribution in [0.4, 0.5) is 5.95 Å². The molecule has 7 heteroatoms. The molecule has 0 aliphatic rings. The summed E-state index contributed by atoms with van der Waals surface area (Å²) < 4.78 is 0. The van der Waals surface area contributed by atoms with Gasteiger partial charge < -0.3 is 5.32 Å². The van der Waals surface area contributed by atoms with E-state index in [0.717, 1.165) is 24.4 Å². The number of rotatable bonds is 6. The van der Waals surface area contributed by atoms with E-state index >= 15 is 0 Å². The molecule has 0 aliphatic heterocycles. The van der Waals surface area contributed by atoms with Crippen LogP contribution in [0.25, 0.3) is 0 Å². The van der Waals surface area contributed by atoms with E-state index in [0.29, 0.717) is 16.8 Å². The molecule has 20 heavy (non-hydrogen) atoms. The van der Waals surface area contributed by atoms with Crippen LogP contribution in [-0.2, 0) is 0 Å². The molecule has 0 fully saturated rings. The first kappa shape index (κ1) is 14.2. The van der Waals surface area contributed by atoms with Crippen molar-refractivity contribution < 1.29 is 0 Å². The zero-order valence-electron chi connectivity index (χ0n) is 11.1.